The van der Waals surface area contributed by atoms with Gasteiger partial charge in [0.25, 0.3) is 0 Å². The first kappa shape index (κ1) is 16.3. The molecule has 0 aliphatic carbocycles. The Kier molecular flexibility index (Phi) is 8.97. The van der Waals surface area contributed by atoms with Crippen molar-refractivity contribution in [3.63, 3.8) is 0 Å². The van der Waals surface area contributed by atoms with Crippen molar-refractivity contribution < 1.29 is 22.8 Å². The van der Waals surface area contributed by atoms with Crippen molar-refractivity contribution in [3.05, 3.63) is 12.2 Å². The molecule has 99 valence electrons. The monoisotopic (exact) mass is 261 g/mol. The van der Waals surface area contributed by atoms with Crippen molar-refractivity contribution in [2.75, 3.05) is 19.8 Å². The Morgan fingerprint density at radius 1 is 1.29 bits per heavy atom. The van der Waals surface area contributed by atoms with Crippen LogP contribution in [-0.2, 0) is 22.8 Å². The van der Waals surface area contributed by atoms with Gasteiger partial charge in [0.05, 0.1) is 6.10 Å². The maximum Gasteiger partial charge on any atom is 0.578 e. The van der Waals surface area contributed by atoms with Crippen LogP contribution in [-0.4, -0.2) is 41.4 Å². The van der Waals surface area contributed by atoms with Crippen LogP contribution >= 0.6 is 0 Å². The van der Waals surface area contributed by atoms with Crippen LogP contribution < -0.4 is 0 Å². The smallest absolute Gasteiger partial charge is 0.460 e. The van der Waals surface area contributed by atoms with Gasteiger partial charge in [0, 0.05) is 18.8 Å². The first-order valence-electron chi connectivity index (χ1n) is 5.63. The molecule has 0 bridgehead atoms. The number of rotatable bonds is 9. The Hall–Kier alpha value is -0.693. The lowest BCUT2D eigenvalue weighted by Gasteiger charge is -2.18. The van der Waals surface area contributed by atoms with Crippen molar-refractivity contribution in [3.8, 4) is 0 Å². The molecule has 17 heavy (non-hydrogen) atoms. The molecule has 0 heterocycles. The van der Waals surface area contributed by atoms with Gasteiger partial charge in [-0.15, -0.1) is 0 Å². The number of hydrogen-bond acceptors (Lipinski definition) is 5. The molecule has 1 radical (unpaired) electrons. The van der Waals surface area contributed by atoms with Crippen LogP contribution in [0.1, 0.15) is 27.7 Å². The summed E-state index contributed by atoms with van der Waals surface area (Å²) in [7, 11) is -1.73. The summed E-state index contributed by atoms with van der Waals surface area (Å²) in [6.45, 7) is 11.9. The topological polar surface area (TPSA) is 54.0 Å². The van der Waals surface area contributed by atoms with Gasteiger partial charge < -0.3 is 18.0 Å². The maximum atomic E-state index is 11.2. The Morgan fingerprint density at radius 2 is 1.82 bits per heavy atom. The molecule has 0 N–H and O–H groups in total. The van der Waals surface area contributed by atoms with Crippen LogP contribution in [0.5, 0.6) is 0 Å². The highest BCUT2D eigenvalue weighted by molar-refractivity contribution is 6.36. The predicted octanol–water partition coefficient (Wildman–Crippen LogP) is 1.57. The zero-order valence-corrected chi connectivity index (χ0v) is 11.9. The molecule has 0 fully saturated rings. The van der Waals surface area contributed by atoms with E-state index in [1.54, 1.807) is 13.8 Å². The largest absolute Gasteiger partial charge is 0.578 e. The Balaban J connectivity index is 3.92. The van der Waals surface area contributed by atoms with Gasteiger partial charge >= 0.3 is 15.5 Å². The predicted molar refractivity (Wildman–Crippen MR) is 65.3 cm³/mol. The number of carbonyl (C=O) groups is 1. The molecule has 0 amide bonds. The van der Waals surface area contributed by atoms with Crippen molar-refractivity contribution in [2.24, 2.45) is 0 Å². The average molecular weight is 261 g/mol. The van der Waals surface area contributed by atoms with Gasteiger partial charge in [-0.1, -0.05) is 6.58 Å². The van der Waals surface area contributed by atoms with E-state index in [0.29, 0.717) is 18.8 Å². The van der Waals surface area contributed by atoms with E-state index in [4.69, 9.17) is 18.0 Å². The normalized spacial score (nSPS) is 12.5. The minimum Gasteiger partial charge on any atom is -0.460 e. The van der Waals surface area contributed by atoms with Crippen molar-refractivity contribution in [1.82, 2.24) is 0 Å². The summed E-state index contributed by atoms with van der Waals surface area (Å²) in [5, 5.41) is 0. The van der Waals surface area contributed by atoms with Crippen molar-refractivity contribution >= 4 is 15.5 Å². The molecule has 0 aliphatic rings. The van der Waals surface area contributed by atoms with Crippen LogP contribution in [0.25, 0.3) is 0 Å². The highest BCUT2D eigenvalue weighted by Crippen LogP contribution is 2.01. The van der Waals surface area contributed by atoms with E-state index in [2.05, 4.69) is 6.58 Å². The third-order valence-electron chi connectivity index (χ3n) is 1.62. The summed E-state index contributed by atoms with van der Waals surface area (Å²) >= 11 is 0. The molecule has 0 saturated heterocycles. The Bertz CT molecular complexity index is 238. The SMILES string of the molecule is C=C(C)C(=O)OCC(C)O[Si](OCC)OCC. The fraction of sp³-hybridized carbons (Fsp3) is 0.727. The van der Waals surface area contributed by atoms with Crippen molar-refractivity contribution in [1.29, 1.82) is 0 Å². The second kappa shape index (κ2) is 9.35. The molecular weight excluding hydrogens is 240 g/mol. The standard InChI is InChI=1S/C11H21O5Si/c1-6-14-17(15-7-2)16-10(5)8-13-11(12)9(3)4/h10H,3,6-8H2,1-2,4-5H3. The Labute approximate surface area is 105 Å². The van der Waals surface area contributed by atoms with Crippen LogP contribution in [0.4, 0.5) is 0 Å². The van der Waals surface area contributed by atoms with Crippen LogP contribution in [0.2, 0.25) is 0 Å². The molecule has 0 spiro atoms. The quantitative estimate of drug-likeness (QED) is 0.358. The lowest BCUT2D eigenvalue weighted by molar-refractivity contribution is -0.141. The number of carbonyl (C=O) groups excluding carboxylic acids is 1. The number of ether oxygens (including phenoxy) is 1. The molecule has 0 aromatic heterocycles. The molecule has 6 heteroatoms. The fourth-order valence-corrected chi connectivity index (χ4v) is 1.95. The third kappa shape index (κ3) is 8.09. The van der Waals surface area contributed by atoms with Crippen LogP contribution in [0, 0.1) is 0 Å². The minimum atomic E-state index is -1.73. The molecule has 1 atom stereocenters. The minimum absolute atomic E-state index is 0.167. The molecular formula is C11H21O5Si. The number of esters is 1. The van der Waals surface area contributed by atoms with Gasteiger partial charge in [0.2, 0.25) is 0 Å². The lowest BCUT2D eigenvalue weighted by atomic mass is 10.3. The second-order valence-electron chi connectivity index (χ2n) is 3.42. The van der Waals surface area contributed by atoms with Crippen molar-refractivity contribution in [2.45, 2.75) is 33.8 Å². The van der Waals surface area contributed by atoms with Gasteiger partial charge in [0.1, 0.15) is 6.61 Å². The van der Waals surface area contributed by atoms with E-state index in [1.807, 2.05) is 13.8 Å². The Morgan fingerprint density at radius 3 is 2.24 bits per heavy atom. The molecule has 0 aliphatic heterocycles. The molecule has 5 nitrogen and oxygen atoms in total. The van der Waals surface area contributed by atoms with Gasteiger partial charge in [-0.2, -0.15) is 0 Å². The zero-order valence-electron chi connectivity index (χ0n) is 10.9. The molecule has 0 rings (SSSR count). The van der Waals surface area contributed by atoms with Crippen LogP contribution in [0.15, 0.2) is 12.2 Å². The van der Waals surface area contributed by atoms with E-state index >= 15 is 0 Å². The van der Waals surface area contributed by atoms with Gasteiger partial charge in [-0.05, 0) is 27.7 Å². The third-order valence-corrected chi connectivity index (χ3v) is 3.26. The maximum absolute atomic E-state index is 11.2. The van der Waals surface area contributed by atoms with Gasteiger partial charge in [0.15, 0.2) is 0 Å². The summed E-state index contributed by atoms with van der Waals surface area (Å²) in [6, 6.07) is 0. The van der Waals surface area contributed by atoms with Gasteiger partial charge in [-0.3, -0.25) is 0 Å². The molecule has 0 saturated carbocycles. The summed E-state index contributed by atoms with van der Waals surface area (Å²) in [5.74, 6) is -0.415. The summed E-state index contributed by atoms with van der Waals surface area (Å²) < 4.78 is 21.1. The molecule has 0 aromatic carbocycles. The summed E-state index contributed by atoms with van der Waals surface area (Å²) in [6.07, 6.45) is -0.259. The molecule has 0 aromatic rings. The average Bonchev–Trinajstić information content (AvgIpc) is 2.26. The highest BCUT2D eigenvalue weighted by Gasteiger charge is 2.22. The summed E-state index contributed by atoms with van der Waals surface area (Å²) in [5.41, 5.74) is 0.373. The van der Waals surface area contributed by atoms with E-state index in [9.17, 15) is 4.79 Å². The highest BCUT2D eigenvalue weighted by atomic mass is 28.3. The van der Waals surface area contributed by atoms with E-state index in [1.165, 1.54) is 0 Å². The van der Waals surface area contributed by atoms with Gasteiger partial charge in [-0.25, -0.2) is 4.79 Å². The zero-order chi connectivity index (χ0) is 13.3. The van der Waals surface area contributed by atoms with E-state index < -0.39 is 15.5 Å². The first-order valence-corrected chi connectivity index (χ1v) is 6.85. The van der Waals surface area contributed by atoms with E-state index in [0.717, 1.165) is 0 Å². The van der Waals surface area contributed by atoms with E-state index in [-0.39, 0.29) is 12.7 Å². The molecule has 1 unspecified atom stereocenters. The lowest BCUT2D eigenvalue weighted by Crippen LogP contribution is -2.33. The second-order valence-corrected chi connectivity index (χ2v) is 4.74. The summed E-state index contributed by atoms with van der Waals surface area (Å²) in [4.78, 5) is 11.2. The first-order chi connectivity index (χ1) is 8.01. The van der Waals surface area contributed by atoms with Crippen LogP contribution in [0.3, 0.4) is 0 Å². The number of hydrogen-bond donors (Lipinski definition) is 0. The fourth-order valence-electron chi connectivity index (χ4n) is 0.860.